The van der Waals surface area contributed by atoms with Crippen molar-refractivity contribution in [3.05, 3.63) is 87.7 Å². The average Bonchev–Trinajstić information content (AvgIpc) is 3.27. The van der Waals surface area contributed by atoms with Gasteiger partial charge in [-0.2, -0.15) is 0 Å². The van der Waals surface area contributed by atoms with Gasteiger partial charge in [0, 0.05) is 7.05 Å². The third kappa shape index (κ3) is 3.86. The lowest BCUT2D eigenvalue weighted by atomic mass is 10.0. The Hall–Kier alpha value is -4.01. The van der Waals surface area contributed by atoms with E-state index in [1.165, 1.54) is 12.4 Å². The van der Waals surface area contributed by atoms with Crippen LogP contribution in [0.25, 0.3) is 16.5 Å². The van der Waals surface area contributed by atoms with Gasteiger partial charge in [0.1, 0.15) is 28.9 Å². The molecule has 0 fully saturated rings. The Bertz CT molecular complexity index is 1400. The summed E-state index contributed by atoms with van der Waals surface area (Å²) in [6.07, 6.45) is 1.91. The monoisotopic (exact) mass is 450 g/mol. The van der Waals surface area contributed by atoms with E-state index in [4.69, 9.17) is 5.73 Å². The van der Waals surface area contributed by atoms with Crippen molar-refractivity contribution in [3.8, 4) is 5.69 Å². The number of fused-ring (bicyclic) bond motifs is 1. The minimum absolute atomic E-state index is 0.154. The van der Waals surface area contributed by atoms with Crippen LogP contribution in [0.2, 0.25) is 0 Å². The molecule has 33 heavy (non-hydrogen) atoms. The highest BCUT2D eigenvalue weighted by Crippen LogP contribution is 2.29. The lowest BCUT2D eigenvalue weighted by molar-refractivity contribution is 0.554. The number of imidazole rings is 1. The topological polar surface area (TPSA) is 101 Å². The zero-order valence-corrected chi connectivity index (χ0v) is 18.5. The first-order valence-corrected chi connectivity index (χ1v) is 10.5. The van der Waals surface area contributed by atoms with Gasteiger partial charge in [-0.3, -0.25) is 14.4 Å². The van der Waals surface area contributed by atoms with Crippen molar-refractivity contribution in [2.75, 3.05) is 12.4 Å². The minimum Gasteiger partial charge on any atom is -0.382 e. The number of nitrogens with zero attached hydrogens (tertiary/aromatic N) is 3. The molecule has 0 aliphatic rings. The van der Waals surface area contributed by atoms with E-state index >= 15 is 0 Å². The number of nitrogens with one attached hydrogen (secondary N) is 2. The largest absolute Gasteiger partial charge is 0.382 e. The molecule has 2 aromatic carbocycles. The molecule has 4 N–H and O–H groups in total. The zero-order valence-electron chi connectivity index (χ0n) is 18.5. The quantitative estimate of drug-likeness (QED) is 0.303. The second-order valence-corrected chi connectivity index (χ2v) is 7.63. The fraction of sp³-hybridized carbons (Fsp3) is 0.208. The summed E-state index contributed by atoms with van der Waals surface area (Å²) in [5, 5.41) is 3.97. The van der Waals surface area contributed by atoms with E-state index in [0.29, 0.717) is 40.0 Å². The Kier molecular flexibility index (Phi) is 5.95. The van der Waals surface area contributed by atoms with Crippen molar-refractivity contribution in [1.82, 2.24) is 14.5 Å². The molecule has 0 saturated heterocycles. The van der Waals surface area contributed by atoms with Crippen molar-refractivity contribution < 1.29 is 8.78 Å². The molecule has 0 amide bonds. The van der Waals surface area contributed by atoms with Crippen LogP contribution in [-0.4, -0.2) is 27.4 Å². The molecule has 1 unspecified atom stereocenters. The number of hydrogen-bond acceptors (Lipinski definition) is 4. The number of nitrogens with two attached hydrogens (primary N) is 1. The Balaban J connectivity index is 2.04. The summed E-state index contributed by atoms with van der Waals surface area (Å²) in [5.41, 5.74) is 6.83. The van der Waals surface area contributed by atoms with Crippen molar-refractivity contribution in [2.45, 2.75) is 26.3 Å². The van der Waals surface area contributed by atoms with E-state index in [2.05, 4.69) is 20.3 Å². The molecule has 2 aromatic heterocycles. The number of para-hydroxylation sites is 1. The van der Waals surface area contributed by atoms with Gasteiger partial charge in [0.2, 0.25) is 0 Å². The van der Waals surface area contributed by atoms with Crippen LogP contribution in [0.3, 0.4) is 0 Å². The predicted octanol–water partition coefficient (Wildman–Crippen LogP) is 4.20. The molecule has 0 aliphatic carbocycles. The van der Waals surface area contributed by atoms with Gasteiger partial charge in [-0.15, -0.1) is 0 Å². The molecule has 0 radical (unpaired) electrons. The number of hydrogen-bond donors (Lipinski definition) is 3. The van der Waals surface area contributed by atoms with Crippen LogP contribution < -0.4 is 16.6 Å². The van der Waals surface area contributed by atoms with Gasteiger partial charge in [-0.25, -0.2) is 13.8 Å². The number of anilines is 1. The van der Waals surface area contributed by atoms with Crippen LogP contribution in [0.4, 0.5) is 14.6 Å². The van der Waals surface area contributed by atoms with E-state index in [9.17, 15) is 13.6 Å². The number of halogens is 2. The van der Waals surface area contributed by atoms with E-state index in [1.807, 2.05) is 13.0 Å². The molecule has 4 rings (SSSR count). The number of H-pyrrole nitrogens is 1. The van der Waals surface area contributed by atoms with Crippen molar-refractivity contribution in [2.24, 2.45) is 10.7 Å². The number of amidine groups is 1. The maximum absolute atomic E-state index is 14.9. The van der Waals surface area contributed by atoms with Gasteiger partial charge in [0.25, 0.3) is 5.56 Å². The first kappa shape index (κ1) is 22.2. The maximum Gasteiger partial charge on any atom is 0.263 e. The summed E-state index contributed by atoms with van der Waals surface area (Å²) in [5.74, 6) is -1.02. The summed E-state index contributed by atoms with van der Waals surface area (Å²) >= 11 is 0. The number of aliphatic imine (C=N–C) groups is 1. The van der Waals surface area contributed by atoms with Gasteiger partial charge < -0.3 is 16.0 Å². The molecule has 0 bridgehead atoms. The predicted molar refractivity (Wildman–Crippen MR) is 126 cm³/mol. The van der Waals surface area contributed by atoms with Crippen molar-refractivity contribution in [3.63, 3.8) is 0 Å². The zero-order chi connectivity index (χ0) is 23.7. The summed E-state index contributed by atoms with van der Waals surface area (Å²) < 4.78 is 30.8. The van der Waals surface area contributed by atoms with Crippen molar-refractivity contribution >= 4 is 22.4 Å². The molecule has 4 aromatic rings. The highest BCUT2D eigenvalue weighted by Gasteiger charge is 2.23. The Morgan fingerprint density at radius 1 is 1.24 bits per heavy atom. The molecule has 7 nitrogen and oxygen atoms in total. The SMILES string of the molecule is CCC(N=C(N)c1[nH]cnc1NC)c1cc2cccc(C)c2c(=O)n1-c1c(F)cccc1F. The van der Waals surface area contributed by atoms with Crippen LogP contribution >= 0.6 is 0 Å². The third-order valence-corrected chi connectivity index (χ3v) is 5.60. The minimum atomic E-state index is -0.843. The lowest BCUT2D eigenvalue weighted by Gasteiger charge is -2.21. The summed E-state index contributed by atoms with van der Waals surface area (Å²) in [6.45, 7) is 3.65. The van der Waals surface area contributed by atoms with Gasteiger partial charge in [-0.05, 0) is 42.5 Å². The molecule has 0 aliphatic heterocycles. The number of aromatic amines is 1. The van der Waals surface area contributed by atoms with Gasteiger partial charge >= 0.3 is 0 Å². The van der Waals surface area contributed by atoms with E-state index in [1.54, 1.807) is 32.2 Å². The highest BCUT2D eigenvalue weighted by atomic mass is 19.1. The molecule has 2 heterocycles. The normalized spacial score (nSPS) is 12.8. The summed E-state index contributed by atoms with van der Waals surface area (Å²) in [7, 11) is 1.70. The first-order chi connectivity index (χ1) is 15.9. The maximum atomic E-state index is 14.9. The Labute approximate surface area is 189 Å². The van der Waals surface area contributed by atoms with Crippen LogP contribution in [-0.2, 0) is 0 Å². The first-order valence-electron chi connectivity index (χ1n) is 10.5. The Morgan fingerprint density at radius 3 is 2.61 bits per heavy atom. The number of pyridine rings is 1. The number of aryl methyl sites for hydroxylation is 1. The number of rotatable bonds is 6. The van der Waals surface area contributed by atoms with Crippen molar-refractivity contribution in [1.29, 1.82) is 0 Å². The molecule has 1 atom stereocenters. The highest BCUT2D eigenvalue weighted by molar-refractivity contribution is 6.00. The second kappa shape index (κ2) is 8.85. The van der Waals surface area contributed by atoms with E-state index in [-0.39, 0.29) is 5.84 Å². The number of benzene rings is 2. The molecular weight excluding hydrogens is 426 g/mol. The second-order valence-electron chi connectivity index (χ2n) is 7.63. The van der Waals surface area contributed by atoms with Gasteiger partial charge in [-0.1, -0.05) is 31.2 Å². The standard InChI is InChI=1S/C24H24F2N6O/c1-4-17(31-22(27)20-23(28-3)30-12-29-20)18-11-14-8-5-7-13(2)19(14)24(33)32(18)21-15(25)9-6-10-16(21)26/h5-12,17,28H,4H2,1-3H3,(H2,27,31)(H,29,30). The lowest BCUT2D eigenvalue weighted by Crippen LogP contribution is -2.27. The fourth-order valence-electron chi connectivity index (χ4n) is 4.01. The van der Waals surface area contributed by atoms with Crippen LogP contribution in [0.5, 0.6) is 0 Å². The van der Waals surface area contributed by atoms with Gasteiger partial charge in [0.05, 0.1) is 23.4 Å². The molecule has 0 spiro atoms. The van der Waals surface area contributed by atoms with Gasteiger partial charge in [0.15, 0.2) is 5.82 Å². The third-order valence-electron chi connectivity index (χ3n) is 5.60. The van der Waals surface area contributed by atoms with Crippen LogP contribution in [0, 0.1) is 18.6 Å². The van der Waals surface area contributed by atoms with E-state index in [0.717, 1.165) is 16.7 Å². The molecular formula is C24H24F2N6O. The molecule has 9 heteroatoms. The smallest absolute Gasteiger partial charge is 0.263 e. The van der Waals surface area contributed by atoms with Crippen LogP contribution in [0.1, 0.15) is 36.3 Å². The number of aromatic nitrogens is 3. The molecule has 170 valence electrons. The van der Waals surface area contributed by atoms with E-state index < -0.39 is 28.9 Å². The summed E-state index contributed by atoms with van der Waals surface area (Å²) in [6, 6.07) is 10.0. The molecule has 0 saturated carbocycles. The fourth-order valence-corrected chi connectivity index (χ4v) is 4.01. The summed E-state index contributed by atoms with van der Waals surface area (Å²) in [4.78, 5) is 25.3. The Morgan fingerprint density at radius 2 is 1.94 bits per heavy atom. The average molecular weight is 450 g/mol. The van der Waals surface area contributed by atoms with Crippen LogP contribution in [0.15, 0.2) is 58.6 Å².